The van der Waals surface area contributed by atoms with E-state index in [9.17, 15) is 24.8 Å². The zero-order valence-corrected chi connectivity index (χ0v) is 9.24. The number of phenols is 1. The number of hydrogen-bond acceptors (Lipinski definition) is 6. The fourth-order valence-electron chi connectivity index (χ4n) is 1.25. The summed E-state index contributed by atoms with van der Waals surface area (Å²) in [4.78, 5) is 31.9. The van der Waals surface area contributed by atoms with Gasteiger partial charge in [-0.1, -0.05) is 0 Å². The maximum absolute atomic E-state index is 11.4. The summed E-state index contributed by atoms with van der Waals surface area (Å²) in [7, 11) is 0. The first-order valence-electron chi connectivity index (χ1n) is 4.80. The highest BCUT2D eigenvalue weighted by Gasteiger charge is 2.24. The van der Waals surface area contributed by atoms with E-state index in [1.165, 1.54) is 6.92 Å². The van der Waals surface area contributed by atoms with Crippen molar-refractivity contribution in [2.45, 2.75) is 6.92 Å². The van der Waals surface area contributed by atoms with Crippen molar-refractivity contribution in [3.63, 3.8) is 0 Å². The lowest BCUT2D eigenvalue weighted by molar-refractivity contribution is -0.384. The SMILES string of the molecule is CCOC(=O)c1cc([N+](=O)[O-])cc(C(=O)O)c1O. The second-order valence-electron chi connectivity index (χ2n) is 3.17. The second kappa shape index (κ2) is 5.13. The summed E-state index contributed by atoms with van der Waals surface area (Å²) in [5.41, 5.74) is -1.90. The van der Waals surface area contributed by atoms with Crippen LogP contribution < -0.4 is 0 Å². The number of aromatic carboxylic acids is 1. The highest BCUT2D eigenvalue weighted by molar-refractivity contribution is 6.00. The number of nitrogens with zero attached hydrogens (tertiary/aromatic N) is 1. The van der Waals surface area contributed by atoms with E-state index in [2.05, 4.69) is 4.74 Å². The minimum absolute atomic E-state index is 0.0105. The number of aromatic hydroxyl groups is 1. The van der Waals surface area contributed by atoms with Crippen LogP contribution in [0.15, 0.2) is 12.1 Å². The van der Waals surface area contributed by atoms with Gasteiger partial charge in [-0.25, -0.2) is 9.59 Å². The van der Waals surface area contributed by atoms with Crippen molar-refractivity contribution in [1.29, 1.82) is 0 Å². The van der Waals surface area contributed by atoms with Crippen LogP contribution in [-0.2, 0) is 4.74 Å². The molecule has 0 aliphatic rings. The summed E-state index contributed by atoms with van der Waals surface area (Å²) in [5, 5.41) is 28.9. The van der Waals surface area contributed by atoms with Gasteiger partial charge in [-0.05, 0) is 6.92 Å². The summed E-state index contributed by atoms with van der Waals surface area (Å²) < 4.78 is 4.56. The number of carboxylic acid groups (broad SMARTS) is 1. The standard InChI is InChI=1S/C10H9NO7/c1-2-18-10(15)7-4-5(11(16)17)3-6(8(7)12)9(13)14/h3-4,12H,2H2,1H3,(H,13,14). The minimum Gasteiger partial charge on any atom is -0.506 e. The molecule has 2 N–H and O–H groups in total. The number of nitro groups is 1. The molecule has 1 rings (SSSR count). The van der Waals surface area contributed by atoms with Crippen LogP contribution in [0.4, 0.5) is 5.69 Å². The van der Waals surface area contributed by atoms with E-state index in [1.807, 2.05) is 0 Å². The lowest BCUT2D eigenvalue weighted by Crippen LogP contribution is -2.09. The van der Waals surface area contributed by atoms with Crippen molar-refractivity contribution in [3.8, 4) is 5.75 Å². The Balaban J connectivity index is 3.45. The number of nitro benzene ring substituents is 1. The first kappa shape index (κ1) is 13.4. The quantitative estimate of drug-likeness (QED) is 0.469. The molecule has 0 heterocycles. The third kappa shape index (κ3) is 2.54. The molecule has 18 heavy (non-hydrogen) atoms. The van der Waals surface area contributed by atoms with Crippen LogP contribution >= 0.6 is 0 Å². The Bertz CT molecular complexity index is 523. The molecule has 0 radical (unpaired) electrons. The molecule has 0 aliphatic carbocycles. The summed E-state index contributed by atoms with van der Waals surface area (Å²) in [6.07, 6.45) is 0. The Labute approximate surface area is 101 Å². The molecule has 0 saturated carbocycles. The van der Waals surface area contributed by atoms with Crippen LogP contribution in [0.25, 0.3) is 0 Å². The number of carbonyl (C=O) groups is 2. The van der Waals surface area contributed by atoms with Crippen molar-refractivity contribution in [1.82, 2.24) is 0 Å². The number of carboxylic acids is 1. The van der Waals surface area contributed by atoms with E-state index < -0.39 is 39.4 Å². The molecular weight excluding hydrogens is 246 g/mol. The maximum Gasteiger partial charge on any atom is 0.342 e. The lowest BCUT2D eigenvalue weighted by Gasteiger charge is -2.06. The average molecular weight is 255 g/mol. The number of non-ortho nitro benzene ring substituents is 1. The molecule has 0 amide bonds. The summed E-state index contributed by atoms with van der Waals surface area (Å²) >= 11 is 0. The molecule has 1 aromatic rings. The van der Waals surface area contributed by atoms with Crippen molar-refractivity contribution in [2.75, 3.05) is 6.61 Å². The molecule has 0 spiro atoms. The van der Waals surface area contributed by atoms with E-state index in [-0.39, 0.29) is 6.61 Å². The van der Waals surface area contributed by atoms with Crippen molar-refractivity contribution >= 4 is 17.6 Å². The van der Waals surface area contributed by atoms with Crippen LogP contribution in [0.3, 0.4) is 0 Å². The number of rotatable bonds is 4. The first-order valence-corrected chi connectivity index (χ1v) is 4.80. The van der Waals surface area contributed by atoms with E-state index in [0.29, 0.717) is 6.07 Å². The van der Waals surface area contributed by atoms with Gasteiger partial charge in [0.1, 0.15) is 16.9 Å². The van der Waals surface area contributed by atoms with Gasteiger partial charge < -0.3 is 14.9 Å². The second-order valence-corrected chi connectivity index (χ2v) is 3.17. The first-order chi connectivity index (χ1) is 8.38. The van der Waals surface area contributed by atoms with Gasteiger partial charge in [-0.3, -0.25) is 10.1 Å². The largest absolute Gasteiger partial charge is 0.506 e. The third-order valence-corrected chi connectivity index (χ3v) is 2.03. The van der Waals surface area contributed by atoms with Crippen LogP contribution in [0.1, 0.15) is 27.6 Å². The molecule has 0 bridgehead atoms. The number of carbonyl (C=O) groups excluding carboxylic acids is 1. The van der Waals surface area contributed by atoms with E-state index in [4.69, 9.17) is 5.11 Å². The van der Waals surface area contributed by atoms with Crippen molar-refractivity contribution in [2.24, 2.45) is 0 Å². The molecule has 8 nitrogen and oxygen atoms in total. The molecule has 96 valence electrons. The average Bonchev–Trinajstić information content (AvgIpc) is 2.28. The Hall–Kier alpha value is -2.64. The molecule has 0 atom stereocenters. The summed E-state index contributed by atoms with van der Waals surface area (Å²) in [6, 6.07) is 1.43. The smallest absolute Gasteiger partial charge is 0.342 e. The number of benzene rings is 1. The molecule has 0 unspecified atom stereocenters. The van der Waals surface area contributed by atoms with Crippen molar-refractivity contribution < 1.29 is 29.5 Å². The van der Waals surface area contributed by atoms with Crippen LogP contribution in [-0.4, -0.2) is 33.7 Å². The maximum atomic E-state index is 11.4. The molecule has 0 aliphatic heterocycles. The normalized spacial score (nSPS) is 9.83. The molecule has 0 saturated heterocycles. The third-order valence-electron chi connectivity index (χ3n) is 2.03. The topological polar surface area (TPSA) is 127 Å². The van der Waals surface area contributed by atoms with Crippen molar-refractivity contribution in [3.05, 3.63) is 33.4 Å². The molecule has 0 aromatic heterocycles. The predicted molar refractivity (Wildman–Crippen MR) is 57.7 cm³/mol. The van der Waals surface area contributed by atoms with Gasteiger partial charge in [0.15, 0.2) is 0 Å². The Morgan fingerprint density at radius 1 is 1.39 bits per heavy atom. The Morgan fingerprint density at radius 2 is 1.94 bits per heavy atom. The number of hydrogen-bond donors (Lipinski definition) is 2. The van der Waals surface area contributed by atoms with Gasteiger partial charge in [-0.2, -0.15) is 0 Å². The van der Waals surface area contributed by atoms with E-state index in [0.717, 1.165) is 6.07 Å². The summed E-state index contributed by atoms with van der Waals surface area (Å²) in [5.74, 6) is -3.46. The number of ether oxygens (including phenoxy) is 1. The zero-order chi connectivity index (χ0) is 13.9. The van der Waals surface area contributed by atoms with E-state index >= 15 is 0 Å². The van der Waals surface area contributed by atoms with Crippen LogP contribution in [0.5, 0.6) is 5.75 Å². The van der Waals surface area contributed by atoms with Gasteiger partial charge in [0.25, 0.3) is 5.69 Å². The lowest BCUT2D eigenvalue weighted by atomic mass is 10.1. The van der Waals surface area contributed by atoms with Crippen LogP contribution in [0, 0.1) is 10.1 Å². The van der Waals surface area contributed by atoms with E-state index in [1.54, 1.807) is 0 Å². The van der Waals surface area contributed by atoms with Gasteiger partial charge in [0.2, 0.25) is 0 Å². The molecule has 0 fully saturated rings. The molecule has 1 aromatic carbocycles. The Kier molecular flexibility index (Phi) is 3.82. The van der Waals surface area contributed by atoms with Gasteiger partial charge in [-0.15, -0.1) is 0 Å². The van der Waals surface area contributed by atoms with Gasteiger partial charge >= 0.3 is 11.9 Å². The summed E-state index contributed by atoms with van der Waals surface area (Å²) in [6.45, 7) is 1.49. The zero-order valence-electron chi connectivity index (χ0n) is 9.24. The fraction of sp³-hybridized carbons (Fsp3) is 0.200. The van der Waals surface area contributed by atoms with Gasteiger partial charge in [0.05, 0.1) is 11.5 Å². The monoisotopic (exact) mass is 255 g/mol. The fourth-order valence-corrected chi connectivity index (χ4v) is 1.25. The molecular formula is C10H9NO7. The van der Waals surface area contributed by atoms with Gasteiger partial charge in [0, 0.05) is 12.1 Å². The minimum atomic E-state index is -1.58. The number of esters is 1. The highest BCUT2D eigenvalue weighted by Crippen LogP contribution is 2.29. The van der Waals surface area contributed by atoms with Crippen LogP contribution in [0.2, 0.25) is 0 Å². The predicted octanol–water partition coefficient (Wildman–Crippen LogP) is 1.18. The Morgan fingerprint density at radius 3 is 2.39 bits per heavy atom. The highest BCUT2D eigenvalue weighted by atomic mass is 16.6. The molecule has 8 heteroatoms.